The monoisotopic (exact) mass is 224 g/mol. The molecule has 0 atom stereocenters. The van der Waals surface area contributed by atoms with Gasteiger partial charge in [0.1, 0.15) is 10.3 Å². The third kappa shape index (κ3) is 2.45. The maximum atomic E-state index is 11.0. The number of rotatable bonds is 3. The van der Waals surface area contributed by atoms with Crippen molar-refractivity contribution >= 4 is 16.1 Å². The molecule has 0 unspecified atom stereocenters. The van der Waals surface area contributed by atoms with Gasteiger partial charge >= 0.3 is 5.97 Å². The summed E-state index contributed by atoms with van der Waals surface area (Å²) in [5, 5.41) is 0. The van der Waals surface area contributed by atoms with Crippen LogP contribution in [0.4, 0.5) is 0 Å². The third-order valence-corrected chi connectivity index (χ3v) is 4.28. The summed E-state index contributed by atoms with van der Waals surface area (Å²) in [6.45, 7) is 6.64. The maximum absolute atomic E-state index is 11.0. The Bertz CT molecular complexity index is 326. The summed E-state index contributed by atoms with van der Waals surface area (Å²) in [6, 6.07) is 0. The fraction of sp³-hybridized carbons (Fsp3) is 0.875. The lowest BCUT2D eigenvalue weighted by Gasteiger charge is -2.37. The zero-order chi connectivity index (χ0) is 11.8. The van der Waals surface area contributed by atoms with Gasteiger partial charge in [-0.05, 0) is 27.7 Å². The van der Waals surface area contributed by atoms with E-state index in [4.69, 9.17) is 9.29 Å². The normalized spacial score (nSPS) is 13.9. The molecule has 0 aliphatic rings. The lowest BCUT2D eigenvalue weighted by molar-refractivity contribution is -0.156. The summed E-state index contributed by atoms with van der Waals surface area (Å²) >= 11 is 0. The average Bonchev–Trinajstić information content (AvgIpc) is 1.80. The summed E-state index contributed by atoms with van der Waals surface area (Å²) in [7, 11) is -4.28. The molecule has 84 valence electrons. The zero-order valence-electron chi connectivity index (χ0n) is 8.99. The predicted molar refractivity (Wildman–Crippen MR) is 51.5 cm³/mol. The molecule has 0 spiro atoms. The summed E-state index contributed by atoms with van der Waals surface area (Å²) < 4.78 is 34.4. The van der Waals surface area contributed by atoms with Crippen LogP contribution in [-0.2, 0) is 19.6 Å². The van der Waals surface area contributed by atoms with E-state index in [2.05, 4.69) is 0 Å². The minimum Gasteiger partial charge on any atom is -0.458 e. The molecule has 0 aromatic heterocycles. The second-order valence-corrected chi connectivity index (χ2v) is 6.06. The molecule has 0 bridgehead atoms. The van der Waals surface area contributed by atoms with Gasteiger partial charge in [-0.3, -0.25) is 9.35 Å². The Morgan fingerprint density at radius 1 is 1.21 bits per heavy atom. The van der Waals surface area contributed by atoms with Crippen LogP contribution in [0.25, 0.3) is 0 Å². The third-order valence-electron chi connectivity index (χ3n) is 2.49. The summed E-state index contributed by atoms with van der Waals surface area (Å²) in [5.41, 5.74) is -1.29. The van der Waals surface area contributed by atoms with E-state index in [-0.39, 0.29) is 0 Å². The molecule has 0 fully saturated rings. The van der Waals surface area contributed by atoms with Crippen molar-refractivity contribution in [3.05, 3.63) is 0 Å². The van der Waals surface area contributed by atoms with Gasteiger partial charge in [-0.15, -0.1) is 0 Å². The van der Waals surface area contributed by atoms with E-state index in [1.165, 1.54) is 34.6 Å². The quantitative estimate of drug-likeness (QED) is 0.571. The molecule has 5 nitrogen and oxygen atoms in total. The largest absolute Gasteiger partial charge is 0.458 e. The SMILES string of the molecule is CC(=O)OC(C)(C)C(C)(C)S(=O)(=O)O. The van der Waals surface area contributed by atoms with Gasteiger partial charge in [-0.25, -0.2) is 0 Å². The molecule has 0 rings (SSSR count). The molecule has 0 saturated heterocycles. The second-order valence-electron chi connectivity index (χ2n) is 4.09. The molecular formula is C8H16O5S. The molecule has 0 heterocycles. The Hall–Kier alpha value is -0.620. The Kier molecular flexibility index (Phi) is 3.35. The van der Waals surface area contributed by atoms with Crippen molar-refractivity contribution in [2.75, 3.05) is 0 Å². The average molecular weight is 224 g/mol. The highest BCUT2D eigenvalue weighted by Crippen LogP contribution is 2.32. The fourth-order valence-corrected chi connectivity index (χ4v) is 1.46. The molecule has 0 saturated carbocycles. The Balaban J connectivity index is 5.18. The van der Waals surface area contributed by atoms with Gasteiger partial charge in [0.2, 0.25) is 0 Å². The number of esters is 1. The molecular weight excluding hydrogens is 208 g/mol. The van der Waals surface area contributed by atoms with Crippen LogP contribution in [0.1, 0.15) is 34.6 Å². The van der Waals surface area contributed by atoms with Crippen molar-refractivity contribution < 1.29 is 22.5 Å². The van der Waals surface area contributed by atoms with Crippen molar-refractivity contribution in [1.29, 1.82) is 0 Å². The van der Waals surface area contributed by atoms with E-state index in [1.807, 2.05) is 0 Å². The lowest BCUT2D eigenvalue weighted by atomic mass is 9.93. The molecule has 0 radical (unpaired) electrons. The lowest BCUT2D eigenvalue weighted by Crippen LogP contribution is -2.53. The number of carbonyl (C=O) groups excluding carboxylic acids is 1. The van der Waals surface area contributed by atoms with Gasteiger partial charge in [-0.1, -0.05) is 0 Å². The summed E-state index contributed by atoms with van der Waals surface area (Å²) in [4.78, 5) is 10.7. The van der Waals surface area contributed by atoms with Crippen LogP contribution in [0.2, 0.25) is 0 Å². The van der Waals surface area contributed by atoms with Crippen molar-refractivity contribution in [1.82, 2.24) is 0 Å². The van der Waals surface area contributed by atoms with Crippen molar-refractivity contribution in [2.24, 2.45) is 0 Å². The highest BCUT2D eigenvalue weighted by Gasteiger charge is 2.49. The molecule has 0 aliphatic carbocycles. The van der Waals surface area contributed by atoms with Crippen LogP contribution in [0.3, 0.4) is 0 Å². The van der Waals surface area contributed by atoms with Gasteiger partial charge < -0.3 is 4.74 Å². The van der Waals surface area contributed by atoms with Crippen molar-refractivity contribution in [2.45, 2.75) is 45.0 Å². The van der Waals surface area contributed by atoms with Crippen LogP contribution in [0.5, 0.6) is 0 Å². The molecule has 0 aromatic rings. The Labute approximate surface area is 84.2 Å². The zero-order valence-corrected chi connectivity index (χ0v) is 9.80. The van der Waals surface area contributed by atoms with E-state index >= 15 is 0 Å². The standard InChI is InChI=1S/C8H16O5S/c1-6(9)13-7(2,3)8(4,5)14(10,11)12/h1-5H3,(H,10,11,12). The fourth-order valence-electron chi connectivity index (χ4n) is 0.793. The van der Waals surface area contributed by atoms with E-state index in [9.17, 15) is 13.2 Å². The van der Waals surface area contributed by atoms with Gasteiger partial charge in [0, 0.05) is 6.92 Å². The Morgan fingerprint density at radius 2 is 1.57 bits per heavy atom. The molecule has 1 N–H and O–H groups in total. The smallest absolute Gasteiger partial charge is 0.303 e. The number of carbonyl (C=O) groups is 1. The van der Waals surface area contributed by atoms with E-state index in [0.717, 1.165) is 0 Å². The van der Waals surface area contributed by atoms with Gasteiger partial charge in [0.15, 0.2) is 0 Å². The molecule has 0 aromatic carbocycles. The molecule has 6 heteroatoms. The second kappa shape index (κ2) is 3.51. The highest BCUT2D eigenvalue weighted by molar-refractivity contribution is 7.87. The highest BCUT2D eigenvalue weighted by atomic mass is 32.2. The number of hydrogen-bond donors (Lipinski definition) is 1. The molecule has 0 aliphatic heterocycles. The van der Waals surface area contributed by atoms with E-state index in [1.54, 1.807) is 0 Å². The number of hydrogen-bond acceptors (Lipinski definition) is 4. The maximum Gasteiger partial charge on any atom is 0.303 e. The van der Waals surface area contributed by atoms with Gasteiger partial charge in [-0.2, -0.15) is 8.42 Å². The van der Waals surface area contributed by atoms with E-state index < -0.39 is 26.4 Å². The van der Waals surface area contributed by atoms with Crippen LogP contribution < -0.4 is 0 Å². The first kappa shape index (κ1) is 13.4. The topological polar surface area (TPSA) is 80.7 Å². The minimum atomic E-state index is -4.28. The van der Waals surface area contributed by atoms with E-state index in [0.29, 0.717) is 0 Å². The van der Waals surface area contributed by atoms with Crippen LogP contribution >= 0.6 is 0 Å². The Morgan fingerprint density at radius 3 is 1.79 bits per heavy atom. The van der Waals surface area contributed by atoms with Crippen molar-refractivity contribution in [3.8, 4) is 0 Å². The van der Waals surface area contributed by atoms with Crippen LogP contribution in [0, 0.1) is 0 Å². The van der Waals surface area contributed by atoms with Crippen LogP contribution in [-0.4, -0.2) is 29.3 Å². The van der Waals surface area contributed by atoms with Gasteiger partial charge in [0.05, 0.1) is 0 Å². The first-order valence-corrected chi connectivity index (χ1v) is 5.52. The number of ether oxygens (including phenoxy) is 1. The summed E-state index contributed by atoms with van der Waals surface area (Å²) in [5.74, 6) is -0.591. The van der Waals surface area contributed by atoms with Gasteiger partial charge in [0.25, 0.3) is 10.1 Å². The molecule has 0 amide bonds. The first-order chi connectivity index (χ1) is 5.92. The van der Waals surface area contributed by atoms with Crippen LogP contribution in [0.15, 0.2) is 0 Å². The molecule has 14 heavy (non-hydrogen) atoms. The minimum absolute atomic E-state index is 0.591. The first-order valence-electron chi connectivity index (χ1n) is 4.08. The predicted octanol–water partition coefficient (Wildman–Crippen LogP) is 0.995. The van der Waals surface area contributed by atoms with Crippen molar-refractivity contribution in [3.63, 3.8) is 0 Å². The summed E-state index contributed by atoms with van der Waals surface area (Å²) in [6.07, 6.45) is 0.